The van der Waals surface area contributed by atoms with Gasteiger partial charge in [-0.1, -0.05) is 23.5 Å². The minimum absolute atomic E-state index is 0.0365. The number of benzene rings is 1. The Balaban J connectivity index is 1.28. The van der Waals surface area contributed by atoms with Crippen molar-refractivity contribution in [3.8, 4) is 16.9 Å². The summed E-state index contributed by atoms with van der Waals surface area (Å²) in [5, 5.41) is 0.963. The molecule has 2 aromatic heterocycles. The Hall–Kier alpha value is -2.11. The molecule has 2 heterocycles. The number of pyridine rings is 1. The minimum Gasteiger partial charge on any atom is -0.493 e. The number of nitrogens with two attached hydrogens (primary N) is 2. The van der Waals surface area contributed by atoms with Crippen molar-refractivity contribution in [3.63, 3.8) is 0 Å². The van der Waals surface area contributed by atoms with E-state index in [0.29, 0.717) is 25.2 Å². The number of rotatable bonds is 15. The molecule has 0 saturated heterocycles. The first-order valence-electron chi connectivity index (χ1n) is 13.0. The van der Waals surface area contributed by atoms with Crippen molar-refractivity contribution in [1.29, 1.82) is 0 Å². The van der Waals surface area contributed by atoms with Crippen LogP contribution in [0.3, 0.4) is 0 Å². The molecule has 0 aliphatic heterocycles. The first kappa shape index (κ1) is 31.4. The van der Waals surface area contributed by atoms with Gasteiger partial charge in [0.05, 0.1) is 12.0 Å². The Labute approximate surface area is 243 Å². The Kier molecular flexibility index (Phi) is 11.7. The van der Waals surface area contributed by atoms with Gasteiger partial charge >= 0.3 is 5.97 Å². The summed E-state index contributed by atoms with van der Waals surface area (Å²) in [6.45, 7) is 8.43. The van der Waals surface area contributed by atoms with Crippen LogP contribution in [0.5, 0.6) is 5.75 Å². The third-order valence-electron chi connectivity index (χ3n) is 6.23. The molecule has 0 fully saturated rings. The summed E-state index contributed by atoms with van der Waals surface area (Å²) < 4.78 is 12.3. The molecule has 0 bridgehead atoms. The Bertz CT molecular complexity index is 1270. The van der Waals surface area contributed by atoms with Crippen LogP contribution < -0.4 is 20.9 Å². The fourth-order valence-corrected chi connectivity index (χ4v) is 6.39. The maximum atomic E-state index is 12.5. The lowest BCUT2D eigenvalue weighted by Crippen LogP contribution is -2.50. The van der Waals surface area contributed by atoms with E-state index in [1.165, 1.54) is 11.3 Å². The topological polar surface area (TPSA) is 118 Å². The van der Waals surface area contributed by atoms with Crippen LogP contribution in [0.15, 0.2) is 53.6 Å². The molecule has 3 rings (SSSR count). The van der Waals surface area contributed by atoms with E-state index in [1.54, 1.807) is 24.2 Å². The van der Waals surface area contributed by atoms with E-state index in [-0.39, 0.29) is 16.8 Å². The predicted octanol–water partition coefficient (Wildman–Crippen LogP) is 5.19. The summed E-state index contributed by atoms with van der Waals surface area (Å²) in [7, 11) is 0. The zero-order valence-electron chi connectivity index (χ0n) is 23.1. The third-order valence-corrected chi connectivity index (χ3v) is 9.38. The zero-order valence-corrected chi connectivity index (χ0v) is 25.6. The van der Waals surface area contributed by atoms with Crippen LogP contribution in [-0.4, -0.2) is 58.8 Å². The fourth-order valence-electron chi connectivity index (χ4n) is 3.79. The van der Waals surface area contributed by atoms with Gasteiger partial charge in [0.2, 0.25) is 4.74 Å². The zero-order chi connectivity index (χ0) is 28.5. The number of carbonyl (C=O) groups excluding carboxylic acids is 1. The van der Waals surface area contributed by atoms with E-state index < -0.39 is 11.0 Å². The molecule has 212 valence electrons. The van der Waals surface area contributed by atoms with E-state index >= 15 is 0 Å². The molecule has 1 aromatic carbocycles. The SMILES string of the molecule is CC(C)(N)CC(N)C(C)(C)C(=O)OCCSCCSCCOc1ccc(-c2cc3cnccc3sc2=O)cc1. The summed E-state index contributed by atoms with van der Waals surface area (Å²) in [4.78, 5) is 29.2. The molecule has 0 saturated carbocycles. The fraction of sp³-hybridized carbons (Fsp3) is 0.483. The number of fused-ring (bicyclic) bond motifs is 1. The second-order valence-electron chi connectivity index (χ2n) is 10.6. The van der Waals surface area contributed by atoms with E-state index in [9.17, 15) is 9.59 Å². The van der Waals surface area contributed by atoms with Crippen LogP contribution in [0.25, 0.3) is 21.2 Å². The molecule has 1 unspecified atom stereocenters. The molecule has 4 N–H and O–H groups in total. The van der Waals surface area contributed by atoms with Crippen molar-refractivity contribution in [3.05, 3.63) is 58.3 Å². The number of nitrogens with zero attached hydrogens (tertiary/aromatic N) is 1. The maximum Gasteiger partial charge on any atom is 0.313 e. The van der Waals surface area contributed by atoms with Gasteiger partial charge in [-0.15, -0.1) is 0 Å². The molecule has 0 radical (unpaired) electrons. The van der Waals surface area contributed by atoms with Gasteiger partial charge in [0, 0.05) is 62.6 Å². The summed E-state index contributed by atoms with van der Waals surface area (Å²) in [6.07, 6.45) is 4.02. The van der Waals surface area contributed by atoms with Crippen LogP contribution >= 0.6 is 34.9 Å². The quantitative estimate of drug-likeness (QED) is 0.182. The van der Waals surface area contributed by atoms with Crippen LogP contribution in [0.2, 0.25) is 0 Å². The Morgan fingerprint density at radius 2 is 1.69 bits per heavy atom. The predicted molar refractivity (Wildman–Crippen MR) is 167 cm³/mol. The van der Waals surface area contributed by atoms with E-state index in [2.05, 4.69) is 4.98 Å². The standard InChI is InChI=1S/C29H39N3O4S3/c1-28(2,31)18-25(30)29(3,4)27(34)36-12-14-38-16-15-37-13-11-35-22-7-5-20(6-8-22)23-17-21-19-32-10-9-24(21)39-26(23)33/h5-10,17,19,25H,11-16,18,30-31H2,1-4H3. The molecular weight excluding hydrogens is 551 g/mol. The van der Waals surface area contributed by atoms with Gasteiger partial charge in [-0.05, 0) is 63.9 Å². The van der Waals surface area contributed by atoms with Crippen molar-refractivity contribution in [1.82, 2.24) is 4.98 Å². The summed E-state index contributed by atoms with van der Waals surface area (Å²) in [5.41, 5.74) is 12.6. The van der Waals surface area contributed by atoms with Crippen molar-refractivity contribution < 1.29 is 14.3 Å². The second-order valence-corrected chi connectivity index (χ2v) is 14.1. The average Bonchev–Trinajstić information content (AvgIpc) is 2.88. The lowest BCUT2D eigenvalue weighted by molar-refractivity contribution is -0.154. The molecule has 0 spiro atoms. The number of thioether (sulfide) groups is 2. The lowest BCUT2D eigenvalue weighted by Gasteiger charge is -2.33. The van der Waals surface area contributed by atoms with Gasteiger partial charge in [-0.3, -0.25) is 14.6 Å². The van der Waals surface area contributed by atoms with Crippen molar-refractivity contribution in [2.24, 2.45) is 16.9 Å². The number of hydrogen-bond donors (Lipinski definition) is 2. The van der Waals surface area contributed by atoms with Crippen LogP contribution in [-0.2, 0) is 9.53 Å². The van der Waals surface area contributed by atoms with Gasteiger partial charge in [0.15, 0.2) is 0 Å². The van der Waals surface area contributed by atoms with E-state index in [4.69, 9.17) is 20.9 Å². The Morgan fingerprint density at radius 3 is 2.36 bits per heavy atom. The number of ether oxygens (including phenoxy) is 2. The average molecular weight is 590 g/mol. The maximum absolute atomic E-state index is 12.5. The molecule has 0 aliphatic rings. The molecule has 3 aromatic rings. The van der Waals surface area contributed by atoms with Gasteiger partial charge in [-0.2, -0.15) is 23.5 Å². The lowest BCUT2D eigenvalue weighted by atomic mass is 9.79. The first-order chi connectivity index (χ1) is 18.5. The molecule has 39 heavy (non-hydrogen) atoms. The van der Waals surface area contributed by atoms with Crippen LogP contribution in [0.1, 0.15) is 34.1 Å². The smallest absolute Gasteiger partial charge is 0.313 e. The van der Waals surface area contributed by atoms with Gasteiger partial charge in [0.25, 0.3) is 0 Å². The van der Waals surface area contributed by atoms with Crippen LogP contribution in [0.4, 0.5) is 0 Å². The monoisotopic (exact) mass is 589 g/mol. The van der Waals surface area contributed by atoms with Crippen molar-refractivity contribution >= 4 is 50.9 Å². The number of esters is 1. The highest BCUT2D eigenvalue weighted by Crippen LogP contribution is 2.27. The molecule has 0 amide bonds. The molecular formula is C29H39N3O4S3. The number of carbonyl (C=O) groups is 1. The first-order valence-corrected chi connectivity index (χ1v) is 16.1. The second kappa shape index (κ2) is 14.5. The van der Waals surface area contributed by atoms with Crippen molar-refractivity contribution in [2.45, 2.75) is 45.7 Å². The van der Waals surface area contributed by atoms with Gasteiger partial charge in [0.1, 0.15) is 12.4 Å². The summed E-state index contributed by atoms with van der Waals surface area (Å²) >= 11 is 4.82. The summed E-state index contributed by atoms with van der Waals surface area (Å²) in [5.74, 6) is 4.11. The number of hydrogen-bond acceptors (Lipinski definition) is 10. The molecule has 7 nitrogen and oxygen atoms in total. The highest BCUT2D eigenvalue weighted by molar-refractivity contribution is 8.02. The third kappa shape index (κ3) is 9.79. The molecule has 1 atom stereocenters. The molecule has 10 heteroatoms. The minimum atomic E-state index is -0.773. The van der Waals surface area contributed by atoms with Gasteiger partial charge in [-0.25, -0.2) is 0 Å². The Morgan fingerprint density at radius 1 is 1.03 bits per heavy atom. The highest BCUT2D eigenvalue weighted by atomic mass is 32.2. The number of aromatic nitrogens is 1. The molecule has 0 aliphatic carbocycles. The van der Waals surface area contributed by atoms with E-state index in [1.807, 2.05) is 75.9 Å². The largest absolute Gasteiger partial charge is 0.493 e. The van der Waals surface area contributed by atoms with E-state index in [0.717, 1.165) is 44.4 Å². The van der Waals surface area contributed by atoms with Gasteiger partial charge < -0.3 is 20.9 Å². The van der Waals surface area contributed by atoms with Crippen molar-refractivity contribution in [2.75, 3.05) is 36.2 Å². The highest BCUT2D eigenvalue weighted by Gasteiger charge is 2.38. The normalized spacial score (nSPS) is 12.9. The summed E-state index contributed by atoms with van der Waals surface area (Å²) in [6, 6.07) is 11.1. The van der Waals surface area contributed by atoms with Crippen LogP contribution in [0, 0.1) is 5.41 Å².